The Kier molecular flexibility index (Phi) is 4.04. The van der Waals surface area contributed by atoms with Gasteiger partial charge in [-0.1, -0.05) is 11.6 Å². The second kappa shape index (κ2) is 5.44. The molecule has 1 aromatic heterocycles. The zero-order valence-corrected chi connectivity index (χ0v) is 13.3. The molecule has 0 radical (unpaired) electrons. The van der Waals surface area contributed by atoms with Crippen molar-refractivity contribution in [1.82, 2.24) is 10.2 Å². The van der Waals surface area contributed by atoms with E-state index in [1.54, 1.807) is 13.0 Å². The number of sulfonamides is 1. The topological polar surface area (TPSA) is 98.6 Å². The Morgan fingerprint density at radius 2 is 2.20 bits per heavy atom. The molecule has 0 fully saturated rings. The van der Waals surface area contributed by atoms with Crippen molar-refractivity contribution in [3.63, 3.8) is 0 Å². The average molecular weight is 376 g/mol. The molecule has 0 aliphatic heterocycles. The lowest BCUT2D eigenvalue weighted by Crippen LogP contribution is -2.14. The number of nitrogens with zero attached hydrogens (tertiary/aromatic N) is 2. The molecule has 0 amide bonds. The van der Waals surface area contributed by atoms with Crippen molar-refractivity contribution >= 4 is 43.4 Å². The summed E-state index contributed by atoms with van der Waals surface area (Å²) >= 11 is 8.95. The summed E-state index contributed by atoms with van der Waals surface area (Å²) in [6, 6.07) is 6.28. The minimum atomic E-state index is -3.90. The summed E-state index contributed by atoms with van der Waals surface area (Å²) in [4.78, 5) is -0.0328. The third kappa shape index (κ3) is 2.80. The number of hydrogen-bond donors (Lipinski definition) is 2. The molecular formula is C11H8BrClN4O2S. The van der Waals surface area contributed by atoms with Crippen LogP contribution < -0.4 is 4.72 Å². The monoisotopic (exact) mass is 374 g/mol. The van der Waals surface area contributed by atoms with E-state index in [-0.39, 0.29) is 21.3 Å². The molecule has 0 unspecified atom stereocenters. The van der Waals surface area contributed by atoms with Gasteiger partial charge in [-0.2, -0.15) is 10.4 Å². The molecule has 2 aromatic rings. The van der Waals surface area contributed by atoms with Crippen LogP contribution in [-0.2, 0) is 10.0 Å². The number of hydrogen-bond acceptors (Lipinski definition) is 4. The van der Waals surface area contributed by atoms with E-state index < -0.39 is 10.0 Å². The van der Waals surface area contributed by atoms with Crippen LogP contribution in [0.25, 0.3) is 0 Å². The molecule has 0 spiro atoms. The van der Waals surface area contributed by atoms with Crippen molar-refractivity contribution in [2.45, 2.75) is 11.8 Å². The molecule has 0 saturated heterocycles. The third-order valence-electron chi connectivity index (χ3n) is 2.47. The van der Waals surface area contributed by atoms with Crippen molar-refractivity contribution in [2.24, 2.45) is 0 Å². The highest BCUT2D eigenvalue weighted by atomic mass is 79.9. The highest BCUT2D eigenvalue weighted by molar-refractivity contribution is 9.10. The van der Waals surface area contributed by atoms with Gasteiger partial charge in [-0.25, -0.2) is 8.42 Å². The molecule has 2 rings (SSSR count). The molecule has 0 aliphatic carbocycles. The smallest absolute Gasteiger partial charge is 0.264 e. The fraction of sp³-hybridized carbons (Fsp3) is 0.0909. The van der Waals surface area contributed by atoms with Gasteiger partial charge in [0.15, 0.2) is 5.82 Å². The Labute approximate surface area is 128 Å². The van der Waals surface area contributed by atoms with Crippen molar-refractivity contribution in [3.05, 3.63) is 39.0 Å². The van der Waals surface area contributed by atoms with E-state index in [0.717, 1.165) is 0 Å². The first-order valence-corrected chi connectivity index (χ1v) is 7.93. The first kappa shape index (κ1) is 14.8. The molecule has 1 aromatic carbocycles. The summed E-state index contributed by atoms with van der Waals surface area (Å²) in [6.45, 7) is 1.62. The predicted molar refractivity (Wildman–Crippen MR) is 78.0 cm³/mol. The Hall–Kier alpha value is -1.56. The molecule has 20 heavy (non-hydrogen) atoms. The molecule has 0 saturated carbocycles. The fourth-order valence-corrected chi connectivity index (χ4v) is 3.75. The van der Waals surface area contributed by atoms with E-state index in [2.05, 4.69) is 30.8 Å². The van der Waals surface area contributed by atoms with Crippen LogP contribution in [-0.4, -0.2) is 18.6 Å². The summed E-state index contributed by atoms with van der Waals surface area (Å²) in [6.07, 6.45) is 0. The maximum Gasteiger partial charge on any atom is 0.264 e. The van der Waals surface area contributed by atoms with Gasteiger partial charge in [0.2, 0.25) is 0 Å². The summed E-state index contributed by atoms with van der Waals surface area (Å²) in [5.74, 6) is -0.0446. The second-order valence-electron chi connectivity index (χ2n) is 3.86. The Morgan fingerprint density at radius 1 is 1.50 bits per heavy atom. The van der Waals surface area contributed by atoms with Gasteiger partial charge in [0.05, 0.1) is 5.69 Å². The number of nitrogens with one attached hydrogen (secondary N) is 2. The first-order chi connectivity index (χ1) is 9.35. The van der Waals surface area contributed by atoms with Crippen molar-refractivity contribution in [3.8, 4) is 6.07 Å². The van der Waals surface area contributed by atoms with Crippen LogP contribution in [0, 0.1) is 18.3 Å². The predicted octanol–water partition coefficient (Wildman–Crippen LogP) is 2.81. The quantitative estimate of drug-likeness (QED) is 0.861. The standard InChI is InChI=1S/C11H8BrClN4O2S/c1-6-8(5-14)11(16-15-6)17-20(18,19)10-4-7(13)2-3-9(10)12/h2-4H,1H3,(H2,15,16,17). The summed E-state index contributed by atoms with van der Waals surface area (Å²) in [5, 5.41) is 15.6. The zero-order chi connectivity index (χ0) is 14.9. The third-order valence-corrected chi connectivity index (χ3v) is 5.04. The summed E-state index contributed by atoms with van der Waals surface area (Å²) in [5.41, 5.74) is 0.627. The van der Waals surface area contributed by atoms with Crippen LogP contribution in [0.15, 0.2) is 27.6 Å². The second-order valence-corrected chi connectivity index (χ2v) is 6.81. The Balaban J connectivity index is 2.47. The van der Waals surface area contributed by atoms with Crippen LogP contribution >= 0.6 is 27.5 Å². The number of halogens is 2. The molecular weight excluding hydrogens is 368 g/mol. The van der Waals surface area contributed by atoms with E-state index in [1.807, 2.05) is 6.07 Å². The molecule has 0 bridgehead atoms. The van der Waals surface area contributed by atoms with E-state index >= 15 is 0 Å². The van der Waals surface area contributed by atoms with Crippen LogP contribution in [0.5, 0.6) is 0 Å². The van der Waals surface area contributed by atoms with Gasteiger partial charge in [-0.15, -0.1) is 0 Å². The summed E-state index contributed by atoms with van der Waals surface area (Å²) in [7, 11) is -3.90. The minimum absolute atomic E-state index is 0.0328. The van der Waals surface area contributed by atoms with Crippen molar-refractivity contribution < 1.29 is 8.42 Å². The number of rotatable bonds is 3. The van der Waals surface area contributed by atoms with Crippen molar-refractivity contribution in [2.75, 3.05) is 4.72 Å². The normalized spacial score (nSPS) is 11.1. The van der Waals surface area contributed by atoms with E-state index in [1.165, 1.54) is 12.1 Å². The molecule has 9 heteroatoms. The average Bonchev–Trinajstić information content (AvgIpc) is 2.72. The number of anilines is 1. The van der Waals surface area contributed by atoms with Gasteiger partial charge >= 0.3 is 0 Å². The van der Waals surface area contributed by atoms with E-state index in [4.69, 9.17) is 16.9 Å². The number of aryl methyl sites for hydroxylation is 1. The molecule has 6 nitrogen and oxygen atoms in total. The van der Waals surface area contributed by atoms with Crippen LogP contribution in [0.1, 0.15) is 11.3 Å². The highest BCUT2D eigenvalue weighted by Crippen LogP contribution is 2.27. The lowest BCUT2D eigenvalue weighted by Gasteiger charge is -2.08. The lowest BCUT2D eigenvalue weighted by molar-refractivity contribution is 0.600. The van der Waals surface area contributed by atoms with Gasteiger partial charge in [0, 0.05) is 9.50 Å². The molecule has 104 valence electrons. The maximum atomic E-state index is 12.3. The van der Waals surface area contributed by atoms with Crippen LogP contribution in [0.4, 0.5) is 5.82 Å². The Bertz CT molecular complexity index is 810. The molecule has 0 aliphatic rings. The largest absolute Gasteiger partial charge is 0.279 e. The molecule has 0 atom stereocenters. The van der Waals surface area contributed by atoms with E-state index in [0.29, 0.717) is 10.2 Å². The number of benzene rings is 1. The van der Waals surface area contributed by atoms with Crippen molar-refractivity contribution in [1.29, 1.82) is 5.26 Å². The van der Waals surface area contributed by atoms with Crippen LogP contribution in [0.2, 0.25) is 5.02 Å². The van der Waals surface area contributed by atoms with Gasteiger partial charge in [0.25, 0.3) is 10.0 Å². The number of aromatic amines is 1. The maximum absolute atomic E-state index is 12.3. The first-order valence-electron chi connectivity index (χ1n) is 5.28. The van der Waals surface area contributed by atoms with Gasteiger partial charge in [-0.05, 0) is 41.1 Å². The zero-order valence-electron chi connectivity index (χ0n) is 10.1. The number of nitriles is 1. The van der Waals surface area contributed by atoms with Crippen LogP contribution in [0.3, 0.4) is 0 Å². The highest BCUT2D eigenvalue weighted by Gasteiger charge is 2.22. The number of aromatic nitrogens is 2. The lowest BCUT2D eigenvalue weighted by atomic mass is 10.3. The summed E-state index contributed by atoms with van der Waals surface area (Å²) < 4.78 is 27.2. The SMILES string of the molecule is Cc1[nH]nc(NS(=O)(=O)c2cc(Cl)ccc2Br)c1C#N. The molecule has 2 N–H and O–H groups in total. The fourth-order valence-electron chi connectivity index (χ4n) is 1.51. The van der Waals surface area contributed by atoms with Gasteiger partial charge in [0.1, 0.15) is 16.5 Å². The Morgan fingerprint density at radius 3 is 2.85 bits per heavy atom. The number of H-pyrrole nitrogens is 1. The van der Waals surface area contributed by atoms with E-state index in [9.17, 15) is 8.42 Å². The molecule has 1 heterocycles. The minimum Gasteiger partial charge on any atom is -0.279 e. The van der Waals surface area contributed by atoms with Gasteiger partial charge < -0.3 is 0 Å². The van der Waals surface area contributed by atoms with Gasteiger partial charge in [-0.3, -0.25) is 9.82 Å².